The monoisotopic (exact) mass is 465 g/mol. The van der Waals surface area contributed by atoms with E-state index in [0.717, 1.165) is 30.5 Å². The number of fused-ring (bicyclic) bond motifs is 1. The Hall–Kier alpha value is -2.81. The Bertz CT molecular complexity index is 1420. The van der Waals surface area contributed by atoms with Crippen LogP contribution in [0.15, 0.2) is 69.7 Å². The normalized spacial score (nSPS) is 14.9. The molecule has 0 bridgehead atoms. The molecule has 5 rings (SSSR count). The van der Waals surface area contributed by atoms with Crippen LogP contribution < -0.4 is 5.56 Å². The molecule has 0 aliphatic carbocycles. The predicted molar refractivity (Wildman–Crippen MR) is 128 cm³/mol. The topological polar surface area (TPSA) is 83.1 Å². The van der Waals surface area contributed by atoms with E-state index in [1.54, 1.807) is 35.7 Å². The lowest BCUT2D eigenvalue weighted by Crippen LogP contribution is -2.18. The summed E-state index contributed by atoms with van der Waals surface area (Å²) in [4.78, 5) is 22.9. The SMILES string of the molecule is O=c1[nH]c2cc(CN3CCCC3)ccc2cc1-c1csc(CS(=O)(=O)c2ccccc2)n1. The Morgan fingerprint density at radius 3 is 2.59 bits per heavy atom. The quantitative estimate of drug-likeness (QED) is 0.461. The molecule has 2 aromatic carbocycles. The van der Waals surface area contributed by atoms with Crippen molar-refractivity contribution >= 4 is 32.1 Å². The molecule has 1 aliphatic rings. The summed E-state index contributed by atoms with van der Waals surface area (Å²) in [6.45, 7) is 3.14. The summed E-state index contributed by atoms with van der Waals surface area (Å²) in [5.74, 6) is -0.187. The van der Waals surface area contributed by atoms with E-state index in [0.29, 0.717) is 16.3 Å². The number of aromatic amines is 1. The first-order chi connectivity index (χ1) is 15.5. The summed E-state index contributed by atoms with van der Waals surface area (Å²) in [6, 6.07) is 16.3. The van der Waals surface area contributed by atoms with Crippen molar-refractivity contribution in [2.24, 2.45) is 0 Å². The molecule has 6 nitrogen and oxygen atoms in total. The summed E-state index contributed by atoms with van der Waals surface area (Å²) >= 11 is 1.25. The number of aromatic nitrogens is 2. The van der Waals surface area contributed by atoms with Gasteiger partial charge in [-0.05, 0) is 61.1 Å². The van der Waals surface area contributed by atoms with Gasteiger partial charge in [-0.2, -0.15) is 0 Å². The Kier molecular flexibility index (Phi) is 5.67. The zero-order valence-corrected chi connectivity index (χ0v) is 19.1. The van der Waals surface area contributed by atoms with Crippen molar-refractivity contribution in [2.45, 2.75) is 30.0 Å². The number of rotatable bonds is 6. The van der Waals surface area contributed by atoms with Crippen molar-refractivity contribution < 1.29 is 8.42 Å². The van der Waals surface area contributed by atoms with Crippen molar-refractivity contribution in [3.05, 3.63) is 80.9 Å². The molecule has 1 N–H and O–H groups in total. The van der Waals surface area contributed by atoms with E-state index in [1.165, 1.54) is 29.7 Å². The zero-order chi connectivity index (χ0) is 22.1. The second-order valence-corrected chi connectivity index (χ2v) is 11.0. The van der Waals surface area contributed by atoms with Crippen LogP contribution in [0.1, 0.15) is 23.4 Å². The largest absolute Gasteiger partial charge is 0.321 e. The molecule has 8 heteroatoms. The lowest BCUT2D eigenvalue weighted by Gasteiger charge is -2.14. The van der Waals surface area contributed by atoms with Crippen LogP contribution in [0.4, 0.5) is 0 Å². The fourth-order valence-corrected chi connectivity index (χ4v) is 6.55. The van der Waals surface area contributed by atoms with Gasteiger partial charge in [0.15, 0.2) is 9.84 Å². The lowest BCUT2D eigenvalue weighted by molar-refractivity contribution is 0.331. The van der Waals surface area contributed by atoms with Crippen LogP contribution in [0, 0.1) is 0 Å². The van der Waals surface area contributed by atoms with Crippen LogP contribution in [-0.2, 0) is 22.1 Å². The third-order valence-corrected chi connectivity index (χ3v) is 8.43. The molecule has 0 atom stereocenters. The van der Waals surface area contributed by atoms with Gasteiger partial charge in [0, 0.05) is 17.4 Å². The molecule has 164 valence electrons. The second kappa shape index (κ2) is 8.61. The van der Waals surface area contributed by atoms with Gasteiger partial charge in [-0.15, -0.1) is 11.3 Å². The van der Waals surface area contributed by atoms with Gasteiger partial charge < -0.3 is 4.98 Å². The number of thiazole rings is 1. The average Bonchev–Trinajstić information content (AvgIpc) is 3.46. The van der Waals surface area contributed by atoms with Crippen LogP contribution in [0.3, 0.4) is 0 Å². The van der Waals surface area contributed by atoms with Gasteiger partial charge >= 0.3 is 0 Å². The van der Waals surface area contributed by atoms with Crippen molar-refractivity contribution in [1.82, 2.24) is 14.9 Å². The van der Waals surface area contributed by atoms with E-state index < -0.39 is 9.84 Å². The van der Waals surface area contributed by atoms with E-state index in [1.807, 2.05) is 18.2 Å². The predicted octanol–water partition coefficient (Wildman–Crippen LogP) is 4.22. The summed E-state index contributed by atoms with van der Waals surface area (Å²) in [6.07, 6.45) is 2.49. The Morgan fingerprint density at radius 2 is 1.81 bits per heavy atom. The second-order valence-electron chi connectivity index (χ2n) is 8.12. The van der Waals surface area contributed by atoms with Crippen LogP contribution in [0.2, 0.25) is 0 Å². The van der Waals surface area contributed by atoms with Gasteiger partial charge in [-0.25, -0.2) is 13.4 Å². The minimum absolute atomic E-state index is 0.187. The van der Waals surface area contributed by atoms with E-state index >= 15 is 0 Å². The van der Waals surface area contributed by atoms with Crippen LogP contribution in [-0.4, -0.2) is 36.4 Å². The highest BCUT2D eigenvalue weighted by atomic mass is 32.2. The Morgan fingerprint density at radius 1 is 1.03 bits per heavy atom. The van der Waals surface area contributed by atoms with Crippen molar-refractivity contribution in [2.75, 3.05) is 13.1 Å². The number of hydrogen-bond donors (Lipinski definition) is 1. The number of benzene rings is 2. The Labute approximate surface area is 190 Å². The number of likely N-dealkylation sites (tertiary alicyclic amines) is 1. The van der Waals surface area contributed by atoms with Gasteiger partial charge in [0.05, 0.1) is 16.2 Å². The number of hydrogen-bond acceptors (Lipinski definition) is 6. The molecule has 1 aliphatic heterocycles. The fraction of sp³-hybridized carbons (Fsp3) is 0.250. The summed E-state index contributed by atoms with van der Waals surface area (Å²) < 4.78 is 25.3. The maximum absolute atomic E-state index is 12.8. The van der Waals surface area contributed by atoms with Gasteiger partial charge in [0.2, 0.25) is 0 Å². The number of nitrogens with zero attached hydrogens (tertiary/aromatic N) is 2. The minimum atomic E-state index is -3.48. The van der Waals surface area contributed by atoms with Crippen molar-refractivity contribution in [3.8, 4) is 11.3 Å². The number of sulfone groups is 1. The molecular weight excluding hydrogens is 442 g/mol. The molecule has 0 unspecified atom stereocenters. The van der Waals surface area contributed by atoms with E-state index in [4.69, 9.17) is 0 Å². The zero-order valence-electron chi connectivity index (χ0n) is 17.5. The van der Waals surface area contributed by atoms with Gasteiger partial charge in [0.25, 0.3) is 5.56 Å². The van der Waals surface area contributed by atoms with E-state index in [-0.39, 0.29) is 16.2 Å². The van der Waals surface area contributed by atoms with E-state index in [2.05, 4.69) is 20.9 Å². The summed E-state index contributed by atoms with van der Waals surface area (Å²) in [7, 11) is -3.48. The van der Waals surface area contributed by atoms with Crippen LogP contribution in [0.5, 0.6) is 0 Å². The molecule has 4 aromatic rings. The van der Waals surface area contributed by atoms with Crippen LogP contribution >= 0.6 is 11.3 Å². The number of pyridine rings is 1. The fourth-order valence-electron chi connectivity index (χ4n) is 4.11. The summed E-state index contributed by atoms with van der Waals surface area (Å²) in [5.41, 5.74) is 2.71. The highest BCUT2D eigenvalue weighted by Gasteiger charge is 2.19. The maximum Gasteiger partial charge on any atom is 0.257 e. The molecule has 0 radical (unpaired) electrons. The van der Waals surface area contributed by atoms with Gasteiger partial charge in [-0.1, -0.05) is 30.3 Å². The molecule has 1 saturated heterocycles. The third-order valence-electron chi connectivity index (χ3n) is 5.76. The molecule has 1 fully saturated rings. The average molecular weight is 466 g/mol. The molecule has 0 spiro atoms. The number of nitrogens with one attached hydrogen (secondary N) is 1. The minimum Gasteiger partial charge on any atom is -0.321 e. The van der Waals surface area contributed by atoms with Crippen LogP contribution in [0.25, 0.3) is 22.2 Å². The van der Waals surface area contributed by atoms with Gasteiger partial charge in [0.1, 0.15) is 10.8 Å². The highest BCUT2D eigenvalue weighted by Crippen LogP contribution is 2.25. The first-order valence-electron chi connectivity index (χ1n) is 10.6. The number of H-pyrrole nitrogens is 1. The van der Waals surface area contributed by atoms with Crippen molar-refractivity contribution in [3.63, 3.8) is 0 Å². The smallest absolute Gasteiger partial charge is 0.257 e. The van der Waals surface area contributed by atoms with Crippen molar-refractivity contribution in [1.29, 1.82) is 0 Å². The molecule has 3 heterocycles. The van der Waals surface area contributed by atoms with Gasteiger partial charge in [-0.3, -0.25) is 9.69 Å². The summed E-state index contributed by atoms with van der Waals surface area (Å²) in [5, 5.41) is 3.13. The first kappa shape index (κ1) is 21.1. The lowest BCUT2D eigenvalue weighted by atomic mass is 10.1. The third kappa shape index (κ3) is 4.39. The molecule has 2 aromatic heterocycles. The first-order valence-corrected chi connectivity index (χ1v) is 13.1. The molecular formula is C24H23N3O3S2. The molecule has 0 amide bonds. The standard InChI is InChI=1S/C24H23N3O3S2/c28-24-20(13-18-9-8-17(12-21(18)26-24)14-27-10-4-5-11-27)22-15-31-23(25-22)16-32(29,30)19-6-2-1-3-7-19/h1-3,6-9,12-13,15H,4-5,10-11,14,16H2,(H,26,28). The highest BCUT2D eigenvalue weighted by molar-refractivity contribution is 7.90. The van der Waals surface area contributed by atoms with E-state index in [9.17, 15) is 13.2 Å². The molecule has 32 heavy (non-hydrogen) atoms. The molecule has 0 saturated carbocycles. The Balaban J connectivity index is 1.40. The maximum atomic E-state index is 12.8.